The van der Waals surface area contributed by atoms with Crippen molar-refractivity contribution < 1.29 is 4.84 Å². The molecule has 0 saturated carbocycles. The van der Waals surface area contributed by atoms with Gasteiger partial charge in [-0.1, -0.05) is 35.5 Å². The molecule has 3 nitrogen and oxygen atoms in total. The molecular weight excluding hydrogens is 200 g/mol. The van der Waals surface area contributed by atoms with Gasteiger partial charge in [-0.15, -0.1) is 0 Å². The van der Waals surface area contributed by atoms with E-state index in [0.717, 1.165) is 12.1 Å². The van der Waals surface area contributed by atoms with Crippen LogP contribution in [0.1, 0.15) is 18.4 Å². The molecule has 3 heteroatoms. The third kappa shape index (κ3) is 3.07. The van der Waals surface area contributed by atoms with Crippen molar-refractivity contribution >= 4 is 6.21 Å². The molecule has 16 heavy (non-hydrogen) atoms. The van der Waals surface area contributed by atoms with E-state index < -0.39 is 0 Å². The first-order chi connectivity index (χ1) is 7.86. The molecule has 1 aromatic rings. The van der Waals surface area contributed by atoms with Gasteiger partial charge >= 0.3 is 0 Å². The Morgan fingerprint density at radius 2 is 2.25 bits per heavy atom. The van der Waals surface area contributed by atoms with E-state index in [9.17, 15) is 0 Å². The van der Waals surface area contributed by atoms with Gasteiger partial charge in [-0.25, -0.2) is 0 Å². The van der Waals surface area contributed by atoms with E-state index in [1.165, 1.54) is 12.8 Å². The number of likely N-dealkylation sites (tertiary alicyclic amines) is 1. The SMILES string of the molecule is CN1CCCC1C=NOCc1ccccc1. The van der Waals surface area contributed by atoms with Crippen molar-refractivity contribution in [2.24, 2.45) is 5.16 Å². The summed E-state index contributed by atoms with van der Waals surface area (Å²) in [5, 5.41) is 4.03. The second-order valence-electron chi connectivity index (χ2n) is 4.20. The van der Waals surface area contributed by atoms with Crippen LogP contribution in [0.15, 0.2) is 35.5 Å². The highest BCUT2D eigenvalue weighted by molar-refractivity contribution is 5.64. The van der Waals surface area contributed by atoms with Crippen molar-refractivity contribution in [1.82, 2.24) is 4.90 Å². The molecule has 0 bridgehead atoms. The summed E-state index contributed by atoms with van der Waals surface area (Å²) in [6.07, 6.45) is 4.36. The van der Waals surface area contributed by atoms with Crippen molar-refractivity contribution in [2.75, 3.05) is 13.6 Å². The molecule has 0 aromatic heterocycles. The Kier molecular flexibility index (Phi) is 3.94. The highest BCUT2D eigenvalue weighted by Gasteiger charge is 2.18. The molecule has 0 N–H and O–H groups in total. The van der Waals surface area contributed by atoms with E-state index in [4.69, 9.17) is 4.84 Å². The molecule has 0 aliphatic carbocycles. The van der Waals surface area contributed by atoms with Crippen molar-refractivity contribution in [3.63, 3.8) is 0 Å². The normalized spacial score (nSPS) is 21.7. The predicted molar refractivity (Wildman–Crippen MR) is 65.4 cm³/mol. The number of hydrogen-bond donors (Lipinski definition) is 0. The first-order valence-electron chi connectivity index (χ1n) is 5.76. The molecule has 2 rings (SSSR count). The fraction of sp³-hybridized carbons (Fsp3) is 0.462. The Labute approximate surface area is 96.7 Å². The lowest BCUT2D eigenvalue weighted by Gasteiger charge is -2.13. The zero-order chi connectivity index (χ0) is 11.2. The van der Waals surface area contributed by atoms with Crippen molar-refractivity contribution in [3.05, 3.63) is 35.9 Å². The van der Waals surface area contributed by atoms with Crippen LogP contribution in [0.2, 0.25) is 0 Å². The lowest BCUT2D eigenvalue weighted by Crippen LogP contribution is -2.25. The number of oxime groups is 1. The molecule has 1 aliphatic rings. The van der Waals surface area contributed by atoms with Gasteiger partial charge in [0.25, 0.3) is 0 Å². The summed E-state index contributed by atoms with van der Waals surface area (Å²) in [4.78, 5) is 7.57. The zero-order valence-electron chi connectivity index (χ0n) is 9.67. The van der Waals surface area contributed by atoms with E-state index in [1.54, 1.807) is 0 Å². The van der Waals surface area contributed by atoms with Gasteiger partial charge in [0.15, 0.2) is 0 Å². The van der Waals surface area contributed by atoms with E-state index >= 15 is 0 Å². The topological polar surface area (TPSA) is 24.8 Å². The van der Waals surface area contributed by atoms with Crippen molar-refractivity contribution in [3.8, 4) is 0 Å². The van der Waals surface area contributed by atoms with E-state index in [1.807, 2.05) is 36.5 Å². The molecule has 1 fully saturated rings. The molecule has 0 radical (unpaired) electrons. The minimum atomic E-state index is 0.454. The van der Waals surface area contributed by atoms with Crippen LogP contribution in [0.3, 0.4) is 0 Å². The molecule has 1 aliphatic heterocycles. The highest BCUT2D eigenvalue weighted by Crippen LogP contribution is 2.12. The lowest BCUT2D eigenvalue weighted by atomic mass is 10.2. The summed E-state index contributed by atoms with van der Waals surface area (Å²) in [7, 11) is 2.13. The van der Waals surface area contributed by atoms with Gasteiger partial charge in [0.1, 0.15) is 6.61 Å². The Hall–Kier alpha value is -1.35. The molecule has 0 spiro atoms. The van der Waals surface area contributed by atoms with Crippen LogP contribution in [0.5, 0.6) is 0 Å². The molecule has 1 atom stereocenters. The molecular formula is C13H18N2O. The maximum absolute atomic E-state index is 5.27. The van der Waals surface area contributed by atoms with E-state index in [0.29, 0.717) is 12.6 Å². The fourth-order valence-corrected chi connectivity index (χ4v) is 1.92. The largest absolute Gasteiger partial charge is 0.391 e. The van der Waals surface area contributed by atoms with Gasteiger partial charge < -0.3 is 4.84 Å². The smallest absolute Gasteiger partial charge is 0.142 e. The first-order valence-corrected chi connectivity index (χ1v) is 5.76. The maximum atomic E-state index is 5.27. The van der Waals surface area contributed by atoms with E-state index in [2.05, 4.69) is 17.1 Å². The average molecular weight is 218 g/mol. The summed E-state index contributed by atoms with van der Waals surface area (Å²) in [5.74, 6) is 0. The van der Waals surface area contributed by atoms with Gasteiger partial charge in [-0.2, -0.15) is 0 Å². The predicted octanol–water partition coefficient (Wildman–Crippen LogP) is 2.28. The molecule has 0 amide bonds. The van der Waals surface area contributed by atoms with Crippen molar-refractivity contribution in [2.45, 2.75) is 25.5 Å². The monoisotopic (exact) mass is 218 g/mol. The summed E-state index contributed by atoms with van der Waals surface area (Å²) in [6.45, 7) is 1.71. The molecule has 1 saturated heterocycles. The minimum Gasteiger partial charge on any atom is -0.391 e. The Morgan fingerprint density at radius 3 is 2.94 bits per heavy atom. The minimum absolute atomic E-state index is 0.454. The second kappa shape index (κ2) is 5.66. The fourth-order valence-electron chi connectivity index (χ4n) is 1.92. The highest BCUT2D eigenvalue weighted by atomic mass is 16.6. The van der Waals surface area contributed by atoms with Gasteiger partial charge in [-0.05, 0) is 32.0 Å². The van der Waals surface area contributed by atoms with Gasteiger partial charge in [0.2, 0.25) is 0 Å². The van der Waals surface area contributed by atoms with Gasteiger partial charge in [0.05, 0.1) is 6.21 Å². The summed E-state index contributed by atoms with van der Waals surface area (Å²) >= 11 is 0. The standard InChI is InChI=1S/C13H18N2O/c1-15-9-5-8-13(15)10-14-16-11-12-6-3-2-4-7-12/h2-4,6-7,10,13H,5,8-9,11H2,1H3. The van der Waals surface area contributed by atoms with Crippen molar-refractivity contribution in [1.29, 1.82) is 0 Å². The number of hydrogen-bond acceptors (Lipinski definition) is 3. The average Bonchev–Trinajstić information content (AvgIpc) is 2.72. The molecule has 1 aromatic carbocycles. The quantitative estimate of drug-likeness (QED) is 0.572. The van der Waals surface area contributed by atoms with Crippen LogP contribution >= 0.6 is 0 Å². The number of benzene rings is 1. The second-order valence-corrected chi connectivity index (χ2v) is 4.20. The summed E-state index contributed by atoms with van der Waals surface area (Å²) in [5.41, 5.74) is 1.15. The third-order valence-corrected chi connectivity index (χ3v) is 2.96. The first kappa shape index (κ1) is 11.1. The van der Waals surface area contributed by atoms with Crippen LogP contribution in [0, 0.1) is 0 Å². The van der Waals surface area contributed by atoms with Crippen LogP contribution in [0.25, 0.3) is 0 Å². The summed E-state index contributed by atoms with van der Waals surface area (Å²) < 4.78 is 0. The van der Waals surface area contributed by atoms with Gasteiger partial charge in [-0.3, -0.25) is 4.90 Å². The zero-order valence-corrected chi connectivity index (χ0v) is 9.67. The van der Waals surface area contributed by atoms with Crippen LogP contribution in [-0.2, 0) is 11.4 Å². The lowest BCUT2D eigenvalue weighted by molar-refractivity contribution is 0.130. The Bertz CT molecular complexity index is 337. The van der Waals surface area contributed by atoms with Crippen LogP contribution < -0.4 is 0 Å². The number of rotatable bonds is 4. The Morgan fingerprint density at radius 1 is 1.44 bits per heavy atom. The maximum Gasteiger partial charge on any atom is 0.142 e. The van der Waals surface area contributed by atoms with Gasteiger partial charge in [0, 0.05) is 6.04 Å². The van der Waals surface area contributed by atoms with Crippen LogP contribution in [-0.4, -0.2) is 30.7 Å². The summed E-state index contributed by atoms with van der Waals surface area (Å²) in [6, 6.07) is 10.5. The molecule has 86 valence electrons. The van der Waals surface area contributed by atoms with E-state index in [-0.39, 0.29) is 0 Å². The molecule has 1 unspecified atom stereocenters. The van der Waals surface area contributed by atoms with Crippen LogP contribution in [0.4, 0.5) is 0 Å². The molecule has 1 heterocycles. The third-order valence-electron chi connectivity index (χ3n) is 2.96. The number of nitrogens with zero attached hydrogens (tertiary/aromatic N) is 2. The Balaban J connectivity index is 1.73.